The van der Waals surface area contributed by atoms with Crippen LogP contribution in [0.25, 0.3) is 6.08 Å². The minimum Gasteiger partial charge on any atom is -0.497 e. The van der Waals surface area contributed by atoms with Crippen molar-refractivity contribution in [1.29, 1.82) is 0 Å². The van der Waals surface area contributed by atoms with Crippen LogP contribution in [0.2, 0.25) is 10.0 Å². The molecular formula is C19H14Cl2N2O2S. The first-order valence-corrected chi connectivity index (χ1v) is 9.18. The molecule has 0 bridgehead atoms. The maximum atomic E-state index is 12.1. The summed E-state index contributed by atoms with van der Waals surface area (Å²) in [4.78, 5) is 17.0. The summed E-state index contributed by atoms with van der Waals surface area (Å²) in [5.74, 6) is 0.595. The Hall–Kier alpha value is -2.21. The minimum atomic E-state index is -0.203. The average Bonchev–Trinajstić information content (AvgIpc) is 2.99. The van der Waals surface area contributed by atoms with Crippen LogP contribution in [0.15, 0.2) is 64.5 Å². The van der Waals surface area contributed by atoms with Crippen LogP contribution in [0.5, 0.6) is 5.75 Å². The largest absolute Gasteiger partial charge is 0.497 e. The van der Waals surface area contributed by atoms with Gasteiger partial charge in [0, 0.05) is 0 Å². The molecule has 0 saturated carbocycles. The lowest BCUT2D eigenvalue weighted by atomic mass is 10.2. The van der Waals surface area contributed by atoms with E-state index in [1.165, 1.54) is 11.8 Å². The standard InChI is InChI=1S/C19H14Cl2N2O2S/c1-25-13-10-8-12(9-11-13)4-2-7-16-18(24)23-19(26-16)22-15-6-3-5-14(20)17(15)21/h2-11H,1H3,(H,22,23,24)/b4-2+,16-7+. The molecule has 1 fully saturated rings. The van der Waals surface area contributed by atoms with Gasteiger partial charge in [-0.1, -0.05) is 53.6 Å². The third-order valence-corrected chi connectivity index (χ3v) is 5.19. The summed E-state index contributed by atoms with van der Waals surface area (Å²) < 4.78 is 5.12. The van der Waals surface area contributed by atoms with Gasteiger partial charge in [-0.15, -0.1) is 0 Å². The Kier molecular flexibility index (Phi) is 6.04. The van der Waals surface area contributed by atoms with Crippen molar-refractivity contribution >= 4 is 57.8 Å². The topological polar surface area (TPSA) is 50.7 Å². The number of nitrogens with one attached hydrogen (secondary N) is 1. The van der Waals surface area contributed by atoms with Crippen molar-refractivity contribution < 1.29 is 9.53 Å². The summed E-state index contributed by atoms with van der Waals surface area (Å²) in [6.07, 6.45) is 5.47. The first-order valence-electron chi connectivity index (χ1n) is 7.61. The van der Waals surface area contributed by atoms with E-state index in [2.05, 4.69) is 10.3 Å². The molecule has 26 heavy (non-hydrogen) atoms. The van der Waals surface area contributed by atoms with E-state index >= 15 is 0 Å². The second-order valence-corrected chi connectivity index (χ2v) is 7.03. The fourth-order valence-electron chi connectivity index (χ4n) is 2.15. The molecule has 1 aliphatic rings. The summed E-state index contributed by atoms with van der Waals surface area (Å²) in [6, 6.07) is 12.8. The average molecular weight is 405 g/mol. The van der Waals surface area contributed by atoms with Crippen molar-refractivity contribution in [2.24, 2.45) is 4.99 Å². The molecule has 1 N–H and O–H groups in total. The van der Waals surface area contributed by atoms with Crippen LogP contribution in [0, 0.1) is 0 Å². The van der Waals surface area contributed by atoms with E-state index in [1.807, 2.05) is 36.4 Å². The van der Waals surface area contributed by atoms with Crippen molar-refractivity contribution in [2.45, 2.75) is 0 Å². The van der Waals surface area contributed by atoms with E-state index in [0.29, 0.717) is 25.8 Å². The number of carbonyl (C=O) groups excluding carboxylic acids is 1. The highest BCUT2D eigenvalue weighted by Crippen LogP contribution is 2.34. The molecule has 0 aliphatic carbocycles. The first-order chi connectivity index (χ1) is 12.6. The van der Waals surface area contributed by atoms with Crippen molar-refractivity contribution in [3.8, 4) is 5.75 Å². The molecule has 0 aromatic heterocycles. The molecule has 1 saturated heterocycles. The molecule has 1 heterocycles. The van der Waals surface area contributed by atoms with Gasteiger partial charge in [-0.3, -0.25) is 4.79 Å². The molecule has 3 rings (SSSR count). The van der Waals surface area contributed by atoms with Gasteiger partial charge in [0.05, 0.1) is 27.7 Å². The van der Waals surface area contributed by atoms with Gasteiger partial charge in [0.1, 0.15) is 5.75 Å². The molecule has 1 amide bonds. The Bertz CT molecular complexity index is 922. The van der Waals surface area contributed by atoms with Gasteiger partial charge in [-0.2, -0.15) is 0 Å². The maximum Gasteiger partial charge on any atom is 0.264 e. The van der Waals surface area contributed by atoms with Crippen molar-refractivity contribution in [1.82, 2.24) is 5.32 Å². The zero-order chi connectivity index (χ0) is 18.5. The van der Waals surface area contributed by atoms with Gasteiger partial charge in [0.25, 0.3) is 5.91 Å². The molecule has 2 aromatic carbocycles. The van der Waals surface area contributed by atoms with E-state index < -0.39 is 0 Å². The van der Waals surface area contributed by atoms with Gasteiger partial charge in [0.15, 0.2) is 5.17 Å². The fourth-order valence-corrected chi connectivity index (χ4v) is 3.27. The van der Waals surface area contributed by atoms with Crippen molar-refractivity contribution in [3.63, 3.8) is 0 Å². The molecule has 4 nitrogen and oxygen atoms in total. The summed E-state index contributed by atoms with van der Waals surface area (Å²) in [6.45, 7) is 0. The molecule has 0 unspecified atom stereocenters. The molecule has 0 spiro atoms. The monoisotopic (exact) mass is 404 g/mol. The number of thioether (sulfide) groups is 1. The number of amides is 1. The number of aliphatic imine (C=N–C) groups is 1. The van der Waals surface area contributed by atoms with Crippen LogP contribution in [0.3, 0.4) is 0 Å². The Morgan fingerprint density at radius 3 is 2.65 bits per heavy atom. The zero-order valence-corrected chi connectivity index (χ0v) is 16.0. The second kappa shape index (κ2) is 8.45. The highest BCUT2D eigenvalue weighted by atomic mass is 35.5. The lowest BCUT2D eigenvalue weighted by molar-refractivity contribution is -0.115. The lowest BCUT2D eigenvalue weighted by Crippen LogP contribution is -2.19. The van der Waals surface area contributed by atoms with Crippen LogP contribution in [0.1, 0.15) is 5.56 Å². The molecule has 132 valence electrons. The summed E-state index contributed by atoms with van der Waals surface area (Å²) in [5, 5.41) is 3.95. The van der Waals surface area contributed by atoms with Crippen LogP contribution in [-0.2, 0) is 4.79 Å². The fraction of sp³-hybridized carbons (Fsp3) is 0.0526. The number of hydrogen-bond donors (Lipinski definition) is 1. The number of methoxy groups -OCH3 is 1. The quantitative estimate of drug-likeness (QED) is 0.689. The van der Waals surface area contributed by atoms with Crippen LogP contribution in [0.4, 0.5) is 5.69 Å². The number of rotatable bonds is 4. The van der Waals surface area contributed by atoms with Gasteiger partial charge in [0.2, 0.25) is 0 Å². The zero-order valence-electron chi connectivity index (χ0n) is 13.7. The third-order valence-electron chi connectivity index (χ3n) is 3.46. The van der Waals surface area contributed by atoms with Crippen LogP contribution < -0.4 is 10.1 Å². The number of allylic oxidation sites excluding steroid dienone is 2. The maximum absolute atomic E-state index is 12.1. The number of hydrogen-bond acceptors (Lipinski definition) is 4. The SMILES string of the molecule is COc1ccc(/C=C/C=C2/SC(=Nc3cccc(Cl)c3Cl)NC2=O)cc1. The number of benzene rings is 2. The van der Waals surface area contributed by atoms with Gasteiger partial charge >= 0.3 is 0 Å². The van der Waals surface area contributed by atoms with E-state index in [1.54, 1.807) is 31.4 Å². The molecule has 2 aromatic rings. The predicted octanol–water partition coefficient (Wildman–Crippen LogP) is 5.45. The highest BCUT2D eigenvalue weighted by Gasteiger charge is 2.23. The molecule has 1 aliphatic heterocycles. The molecule has 0 atom stereocenters. The second-order valence-electron chi connectivity index (χ2n) is 5.21. The molecule has 0 radical (unpaired) electrons. The predicted molar refractivity (Wildman–Crippen MR) is 109 cm³/mol. The Labute approximate surface area is 165 Å². The number of halogens is 2. The van der Waals surface area contributed by atoms with Gasteiger partial charge in [-0.25, -0.2) is 4.99 Å². The van der Waals surface area contributed by atoms with Crippen LogP contribution in [-0.4, -0.2) is 18.2 Å². The number of carbonyl (C=O) groups is 1. The third kappa shape index (κ3) is 4.49. The Balaban J connectivity index is 1.72. The first kappa shape index (κ1) is 18.6. The van der Waals surface area contributed by atoms with Crippen molar-refractivity contribution in [3.05, 3.63) is 75.1 Å². The Morgan fingerprint density at radius 2 is 1.92 bits per heavy atom. The minimum absolute atomic E-state index is 0.203. The van der Waals surface area contributed by atoms with E-state index in [4.69, 9.17) is 27.9 Å². The summed E-state index contributed by atoms with van der Waals surface area (Å²) in [5.41, 5.74) is 1.52. The van der Waals surface area contributed by atoms with E-state index in [9.17, 15) is 4.79 Å². The van der Waals surface area contributed by atoms with Gasteiger partial charge in [-0.05, 0) is 47.7 Å². The summed E-state index contributed by atoms with van der Waals surface area (Å²) in [7, 11) is 1.63. The highest BCUT2D eigenvalue weighted by molar-refractivity contribution is 8.18. The Morgan fingerprint density at radius 1 is 1.15 bits per heavy atom. The van der Waals surface area contributed by atoms with Crippen LogP contribution >= 0.6 is 35.0 Å². The summed E-state index contributed by atoms with van der Waals surface area (Å²) >= 11 is 13.3. The normalized spacial score (nSPS) is 17.3. The van der Waals surface area contributed by atoms with E-state index in [0.717, 1.165) is 11.3 Å². The van der Waals surface area contributed by atoms with E-state index in [-0.39, 0.29) is 5.91 Å². The van der Waals surface area contributed by atoms with Crippen molar-refractivity contribution in [2.75, 3.05) is 7.11 Å². The van der Waals surface area contributed by atoms with Gasteiger partial charge < -0.3 is 10.1 Å². The molecule has 7 heteroatoms. The lowest BCUT2D eigenvalue weighted by Gasteiger charge is -2.00. The number of nitrogens with zero attached hydrogens (tertiary/aromatic N) is 1. The molecular weight excluding hydrogens is 391 g/mol. The number of ether oxygens (including phenoxy) is 1. The number of amidine groups is 1. The smallest absolute Gasteiger partial charge is 0.264 e.